The second kappa shape index (κ2) is 3.95. The van der Waals surface area contributed by atoms with Crippen molar-refractivity contribution in [2.24, 2.45) is 5.73 Å². The second-order valence-electron chi connectivity index (χ2n) is 2.61. The summed E-state index contributed by atoms with van der Waals surface area (Å²) in [6.45, 7) is 0. The van der Waals surface area contributed by atoms with Gasteiger partial charge in [0.25, 0.3) is 0 Å². The number of halogens is 1. The molecule has 1 aromatic rings. The SMILES string of the molecule is NC(CC(=O)O)c1ccc(F)cn1. The molecule has 1 atom stereocenters. The van der Waals surface area contributed by atoms with Gasteiger partial charge in [0.2, 0.25) is 0 Å². The van der Waals surface area contributed by atoms with Crippen LogP contribution < -0.4 is 5.73 Å². The molecule has 1 heterocycles. The van der Waals surface area contributed by atoms with Crippen LogP contribution >= 0.6 is 0 Å². The van der Waals surface area contributed by atoms with Crippen LogP contribution in [0.4, 0.5) is 4.39 Å². The molecule has 13 heavy (non-hydrogen) atoms. The Morgan fingerprint density at radius 1 is 1.69 bits per heavy atom. The number of nitrogens with two attached hydrogens (primary N) is 1. The first-order valence-electron chi connectivity index (χ1n) is 3.68. The highest BCUT2D eigenvalue weighted by Crippen LogP contribution is 2.10. The van der Waals surface area contributed by atoms with Crippen LogP contribution in [0.1, 0.15) is 18.2 Å². The van der Waals surface area contributed by atoms with Crippen LogP contribution in [0.2, 0.25) is 0 Å². The van der Waals surface area contributed by atoms with Crippen LogP contribution in [-0.2, 0) is 4.79 Å². The summed E-state index contributed by atoms with van der Waals surface area (Å²) in [5.41, 5.74) is 5.86. The topological polar surface area (TPSA) is 76.2 Å². The number of aromatic nitrogens is 1. The van der Waals surface area contributed by atoms with Crippen molar-refractivity contribution in [2.45, 2.75) is 12.5 Å². The predicted molar refractivity (Wildman–Crippen MR) is 43.4 cm³/mol. The van der Waals surface area contributed by atoms with E-state index in [1.807, 2.05) is 0 Å². The molecule has 0 bridgehead atoms. The minimum Gasteiger partial charge on any atom is -0.481 e. The molecule has 5 heteroatoms. The minimum atomic E-state index is -1.00. The fourth-order valence-electron chi connectivity index (χ4n) is 0.899. The van der Waals surface area contributed by atoms with E-state index in [0.717, 1.165) is 6.20 Å². The van der Waals surface area contributed by atoms with E-state index in [1.165, 1.54) is 12.1 Å². The number of pyridine rings is 1. The summed E-state index contributed by atoms with van der Waals surface area (Å²) in [5, 5.41) is 8.42. The van der Waals surface area contributed by atoms with Gasteiger partial charge in [-0.25, -0.2) is 4.39 Å². The van der Waals surface area contributed by atoms with Gasteiger partial charge in [0, 0.05) is 0 Å². The Bertz CT molecular complexity index is 300. The van der Waals surface area contributed by atoms with E-state index in [1.54, 1.807) is 0 Å². The molecule has 0 spiro atoms. The molecule has 0 aromatic carbocycles. The molecule has 1 unspecified atom stereocenters. The van der Waals surface area contributed by atoms with Crippen LogP contribution in [0, 0.1) is 5.82 Å². The molecule has 0 saturated heterocycles. The maximum absolute atomic E-state index is 12.4. The number of rotatable bonds is 3. The average Bonchev–Trinajstić information content (AvgIpc) is 2.04. The number of aliphatic carboxylic acids is 1. The molecule has 0 aliphatic rings. The van der Waals surface area contributed by atoms with Crippen molar-refractivity contribution in [3.05, 3.63) is 29.8 Å². The van der Waals surface area contributed by atoms with E-state index >= 15 is 0 Å². The molecular formula is C8H9FN2O2. The van der Waals surface area contributed by atoms with Crippen LogP contribution in [0.15, 0.2) is 18.3 Å². The Balaban J connectivity index is 2.71. The molecule has 0 fully saturated rings. The van der Waals surface area contributed by atoms with Crippen LogP contribution in [-0.4, -0.2) is 16.1 Å². The number of nitrogens with zero attached hydrogens (tertiary/aromatic N) is 1. The van der Waals surface area contributed by atoms with Gasteiger partial charge in [-0.2, -0.15) is 0 Å². The molecule has 0 aliphatic heterocycles. The van der Waals surface area contributed by atoms with Gasteiger partial charge in [0.15, 0.2) is 0 Å². The highest BCUT2D eigenvalue weighted by atomic mass is 19.1. The summed E-state index contributed by atoms with van der Waals surface area (Å²) < 4.78 is 12.4. The Hall–Kier alpha value is -1.49. The maximum atomic E-state index is 12.4. The summed E-state index contributed by atoms with van der Waals surface area (Å²) in [6.07, 6.45) is 0.801. The summed E-state index contributed by atoms with van der Waals surface area (Å²) in [5.74, 6) is -1.47. The fraction of sp³-hybridized carbons (Fsp3) is 0.250. The van der Waals surface area contributed by atoms with Crippen molar-refractivity contribution < 1.29 is 14.3 Å². The average molecular weight is 184 g/mol. The van der Waals surface area contributed by atoms with Gasteiger partial charge in [0.05, 0.1) is 24.4 Å². The number of carboxylic acids is 1. The maximum Gasteiger partial charge on any atom is 0.305 e. The Kier molecular flexibility index (Phi) is 2.92. The van der Waals surface area contributed by atoms with E-state index in [0.29, 0.717) is 5.69 Å². The van der Waals surface area contributed by atoms with E-state index in [9.17, 15) is 9.18 Å². The third kappa shape index (κ3) is 2.79. The van der Waals surface area contributed by atoms with Gasteiger partial charge in [-0.15, -0.1) is 0 Å². The molecule has 4 nitrogen and oxygen atoms in total. The molecule has 0 amide bonds. The predicted octanol–water partition coefficient (Wildman–Crippen LogP) is 0.695. The van der Waals surface area contributed by atoms with Crippen LogP contribution in [0.3, 0.4) is 0 Å². The lowest BCUT2D eigenvalue weighted by Crippen LogP contribution is -2.16. The lowest BCUT2D eigenvalue weighted by Gasteiger charge is -2.06. The minimum absolute atomic E-state index is 0.210. The van der Waals surface area contributed by atoms with Gasteiger partial charge in [-0.1, -0.05) is 0 Å². The van der Waals surface area contributed by atoms with Gasteiger partial charge in [-0.3, -0.25) is 9.78 Å². The lowest BCUT2D eigenvalue weighted by molar-refractivity contribution is -0.137. The number of carboxylic acid groups (broad SMARTS) is 1. The number of hydrogen-bond donors (Lipinski definition) is 2. The molecule has 0 aliphatic carbocycles. The zero-order valence-corrected chi connectivity index (χ0v) is 6.77. The van der Waals surface area contributed by atoms with Crippen molar-refractivity contribution in [1.29, 1.82) is 0 Å². The van der Waals surface area contributed by atoms with Crippen molar-refractivity contribution >= 4 is 5.97 Å². The first-order valence-corrected chi connectivity index (χ1v) is 3.68. The Labute approximate surface area is 74.2 Å². The highest BCUT2D eigenvalue weighted by Gasteiger charge is 2.11. The number of carbonyl (C=O) groups is 1. The molecule has 0 radical (unpaired) electrons. The summed E-state index contributed by atoms with van der Waals surface area (Å²) in [4.78, 5) is 13.9. The van der Waals surface area contributed by atoms with E-state index in [2.05, 4.69) is 4.98 Å². The van der Waals surface area contributed by atoms with Gasteiger partial charge >= 0.3 is 5.97 Å². The lowest BCUT2D eigenvalue weighted by atomic mass is 10.1. The molecule has 1 aromatic heterocycles. The molecule has 70 valence electrons. The summed E-state index contributed by atoms with van der Waals surface area (Å²) >= 11 is 0. The van der Waals surface area contributed by atoms with Crippen LogP contribution in [0.25, 0.3) is 0 Å². The Morgan fingerprint density at radius 2 is 2.38 bits per heavy atom. The van der Waals surface area contributed by atoms with Crippen LogP contribution in [0.5, 0.6) is 0 Å². The smallest absolute Gasteiger partial charge is 0.305 e. The zero-order chi connectivity index (χ0) is 9.84. The van der Waals surface area contributed by atoms with Crippen molar-refractivity contribution in [2.75, 3.05) is 0 Å². The summed E-state index contributed by atoms with van der Waals surface area (Å²) in [6, 6.07) is 1.89. The third-order valence-electron chi connectivity index (χ3n) is 1.52. The number of hydrogen-bond acceptors (Lipinski definition) is 3. The molecule has 0 saturated carbocycles. The molecular weight excluding hydrogens is 175 g/mol. The van der Waals surface area contributed by atoms with E-state index in [-0.39, 0.29) is 6.42 Å². The summed E-state index contributed by atoms with van der Waals surface area (Å²) in [7, 11) is 0. The fourth-order valence-corrected chi connectivity index (χ4v) is 0.899. The monoisotopic (exact) mass is 184 g/mol. The third-order valence-corrected chi connectivity index (χ3v) is 1.52. The zero-order valence-electron chi connectivity index (χ0n) is 6.77. The second-order valence-corrected chi connectivity index (χ2v) is 2.61. The first-order chi connectivity index (χ1) is 6.09. The molecule has 1 rings (SSSR count). The Morgan fingerprint density at radius 3 is 2.85 bits per heavy atom. The van der Waals surface area contributed by atoms with Crippen molar-refractivity contribution in [3.8, 4) is 0 Å². The van der Waals surface area contributed by atoms with Gasteiger partial charge in [0.1, 0.15) is 5.82 Å². The highest BCUT2D eigenvalue weighted by molar-refractivity contribution is 5.67. The van der Waals surface area contributed by atoms with Gasteiger partial charge in [-0.05, 0) is 12.1 Å². The quantitative estimate of drug-likeness (QED) is 0.724. The largest absolute Gasteiger partial charge is 0.481 e. The van der Waals surface area contributed by atoms with Crippen molar-refractivity contribution in [1.82, 2.24) is 4.98 Å². The van der Waals surface area contributed by atoms with E-state index < -0.39 is 17.8 Å². The standard InChI is InChI=1S/C8H9FN2O2/c9-5-1-2-7(11-4-5)6(10)3-8(12)13/h1-2,4,6H,3,10H2,(H,12,13). The first kappa shape index (κ1) is 9.60. The molecule has 3 N–H and O–H groups in total. The van der Waals surface area contributed by atoms with E-state index in [4.69, 9.17) is 10.8 Å². The normalized spacial score (nSPS) is 12.5. The van der Waals surface area contributed by atoms with Crippen molar-refractivity contribution in [3.63, 3.8) is 0 Å². The van der Waals surface area contributed by atoms with Gasteiger partial charge < -0.3 is 10.8 Å².